The van der Waals surface area contributed by atoms with Gasteiger partial charge in [-0.15, -0.1) is 0 Å². The van der Waals surface area contributed by atoms with Gasteiger partial charge in [0.15, 0.2) is 0 Å². The van der Waals surface area contributed by atoms with Crippen LogP contribution in [0, 0.1) is 13.8 Å². The molecule has 0 spiro atoms. The molecule has 0 unspecified atom stereocenters. The molecule has 0 aliphatic rings. The van der Waals surface area contributed by atoms with E-state index in [-0.39, 0.29) is 0 Å². The molecule has 2 aromatic rings. The van der Waals surface area contributed by atoms with Crippen LogP contribution in [-0.2, 0) is 0 Å². The average Bonchev–Trinajstić information content (AvgIpc) is 2.36. The minimum Gasteiger partial charge on any atom is -0.362 e. The Hall–Kier alpha value is -1.81. The molecule has 0 aliphatic carbocycles. The first kappa shape index (κ1) is 13.6. The van der Waals surface area contributed by atoms with Gasteiger partial charge in [0.1, 0.15) is 5.82 Å². The average molecular weight is 277 g/mol. The van der Waals surface area contributed by atoms with E-state index in [0.29, 0.717) is 5.95 Å². The first-order valence-electron chi connectivity index (χ1n) is 6.01. The lowest BCUT2D eigenvalue weighted by Gasteiger charge is -2.15. The van der Waals surface area contributed by atoms with E-state index < -0.39 is 0 Å². The summed E-state index contributed by atoms with van der Waals surface area (Å²) < 4.78 is 0. The molecule has 1 N–H and O–H groups in total. The molecule has 0 amide bonds. The molecule has 2 rings (SSSR count). The monoisotopic (exact) mass is 276 g/mol. The molecule has 0 radical (unpaired) electrons. The van der Waals surface area contributed by atoms with E-state index in [0.717, 1.165) is 27.7 Å². The summed E-state index contributed by atoms with van der Waals surface area (Å²) in [7, 11) is 3.93. The highest BCUT2D eigenvalue weighted by Gasteiger charge is 2.06. The van der Waals surface area contributed by atoms with Crippen molar-refractivity contribution < 1.29 is 0 Å². The van der Waals surface area contributed by atoms with Gasteiger partial charge < -0.3 is 10.2 Å². The van der Waals surface area contributed by atoms with Gasteiger partial charge in [0, 0.05) is 36.6 Å². The third-order valence-electron chi connectivity index (χ3n) is 2.78. The van der Waals surface area contributed by atoms with E-state index in [1.165, 1.54) is 0 Å². The number of nitrogens with one attached hydrogen (secondary N) is 1. The molecule has 0 bridgehead atoms. The van der Waals surface area contributed by atoms with Gasteiger partial charge in [-0.05, 0) is 37.6 Å². The predicted octanol–water partition coefficient (Wildman–Crippen LogP) is 3.56. The number of rotatable bonds is 3. The standard InChI is InChI=1S/C14H17ClN4/c1-9-7-11(5-6-12(9)15)17-14-16-8-10(2)13(18-14)19(3)4/h5-8H,1-4H3,(H,16,17,18). The number of hydrogen-bond donors (Lipinski definition) is 1. The molecule has 0 saturated carbocycles. The van der Waals surface area contributed by atoms with Crippen molar-refractivity contribution in [3.05, 3.63) is 40.5 Å². The van der Waals surface area contributed by atoms with Gasteiger partial charge in [-0.2, -0.15) is 4.98 Å². The normalized spacial score (nSPS) is 10.4. The van der Waals surface area contributed by atoms with Crippen LogP contribution in [0.15, 0.2) is 24.4 Å². The minimum absolute atomic E-state index is 0.580. The van der Waals surface area contributed by atoms with Gasteiger partial charge in [0.05, 0.1) is 0 Å². The zero-order valence-corrected chi connectivity index (χ0v) is 12.3. The van der Waals surface area contributed by atoms with Crippen molar-refractivity contribution in [1.82, 2.24) is 9.97 Å². The van der Waals surface area contributed by atoms with E-state index in [1.54, 1.807) is 0 Å². The van der Waals surface area contributed by atoms with Crippen molar-refractivity contribution in [1.29, 1.82) is 0 Å². The lowest BCUT2D eigenvalue weighted by atomic mass is 10.2. The molecule has 0 aliphatic heterocycles. The van der Waals surface area contributed by atoms with Crippen LogP contribution in [0.25, 0.3) is 0 Å². The number of nitrogens with zero attached hydrogens (tertiary/aromatic N) is 3. The Kier molecular flexibility index (Phi) is 3.90. The summed E-state index contributed by atoms with van der Waals surface area (Å²) in [6, 6.07) is 5.75. The maximum Gasteiger partial charge on any atom is 0.229 e. The SMILES string of the molecule is Cc1cc(Nc2ncc(C)c(N(C)C)n2)ccc1Cl. The molecule has 5 heteroatoms. The van der Waals surface area contributed by atoms with E-state index in [4.69, 9.17) is 11.6 Å². The fourth-order valence-electron chi connectivity index (χ4n) is 1.80. The molecule has 1 heterocycles. The van der Waals surface area contributed by atoms with Crippen LogP contribution in [0.2, 0.25) is 5.02 Å². The minimum atomic E-state index is 0.580. The van der Waals surface area contributed by atoms with E-state index >= 15 is 0 Å². The Bertz CT molecular complexity index is 596. The van der Waals surface area contributed by atoms with Crippen molar-refractivity contribution in [3.8, 4) is 0 Å². The third-order valence-corrected chi connectivity index (χ3v) is 3.21. The second-order valence-electron chi connectivity index (χ2n) is 4.68. The van der Waals surface area contributed by atoms with Crippen molar-refractivity contribution in [3.63, 3.8) is 0 Å². The zero-order valence-electron chi connectivity index (χ0n) is 11.5. The molecule has 0 atom stereocenters. The molecule has 19 heavy (non-hydrogen) atoms. The van der Waals surface area contributed by atoms with E-state index in [9.17, 15) is 0 Å². The Labute approximate surface area is 118 Å². The summed E-state index contributed by atoms with van der Waals surface area (Å²) in [5.41, 5.74) is 2.99. The fourth-order valence-corrected chi connectivity index (χ4v) is 1.92. The molecular weight excluding hydrogens is 260 g/mol. The summed E-state index contributed by atoms with van der Waals surface area (Å²) in [5.74, 6) is 1.49. The second-order valence-corrected chi connectivity index (χ2v) is 5.09. The summed E-state index contributed by atoms with van der Waals surface area (Å²) in [6.45, 7) is 3.96. The van der Waals surface area contributed by atoms with Gasteiger partial charge in [-0.1, -0.05) is 11.6 Å². The Morgan fingerprint density at radius 1 is 1.16 bits per heavy atom. The fraction of sp³-hybridized carbons (Fsp3) is 0.286. The number of aromatic nitrogens is 2. The Morgan fingerprint density at radius 2 is 1.89 bits per heavy atom. The van der Waals surface area contributed by atoms with Crippen LogP contribution in [0.5, 0.6) is 0 Å². The maximum absolute atomic E-state index is 6.01. The molecule has 100 valence electrons. The van der Waals surface area contributed by atoms with Crippen molar-refractivity contribution in [2.45, 2.75) is 13.8 Å². The topological polar surface area (TPSA) is 41.1 Å². The Balaban J connectivity index is 2.28. The first-order chi connectivity index (χ1) is 8.97. The van der Waals surface area contributed by atoms with Gasteiger partial charge in [-0.3, -0.25) is 0 Å². The molecule has 0 fully saturated rings. The van der Waals surface area contributed by atoms with Gasteiger partial charge >= 0.3 is 0 Å². The molecule has 1 aromatic heterocycles. The molecule has 4 nitrogen and oxygen atoms in total. The summed E-state index contributed by atoms with van der Waals surface area (Å²) in [5, 5.41) is 3.94. The van der Waals surface area contributed by atoms with Crippen molar-refractivity contribution in [2.75, 3.05) is 24.3 Å². The van der Waals surface area contributed by atoms with Gasteiger partial charge in [0.25, 0.3) is 0 Å². The van der Waals surface area contributed by atoms with Gasteiger partial charge in [0.2, 0.25) is 5.95 Å². The largest absolute Gasteiger partial charge is 0.362 e. The zero-order chi connectivity index (χ0) is 14.0. The summed E-state index contributed by atoms with van der Waals surface area (Å²) in [4.78, 5) is 10.7. The quantitative estimate of drug-likeness (QED) is 0.931. The summed E-state index contributed by atoms with van der Waals surface area (Å²) in [6.07, 6.45) is 1.81. The molecular formula is C14H17ClN4. The van der Waals surface area contributed by atoms with Gasteiger partial charge in [-0.25, -0.2) is 4.98 Å². The number of hydrogen-bond acceptors (Lipinski definition) is 4. The van der Waals surface area contributed by atoms with Crippen LogP contribution in [-0.4, -0.2) is 24.1 Å². The van der Waals surface area contributed by atoms with Crippen molar-refractivity contribution in [2.24, 2.45) is 0 Å². The highest BCUT2D eigenvalue weighted by Crippen LogP contribution is 2.22. The highest BCUT2D eigenvalue weighted by atomic mass is 35.5. The smallest absolute Gasteiger partial charge is 0.229 e. The van der Waals surface area contributed by atoms with Crippen molar-refractivity contribution >= 4 is 29.1 Å². The van der Waals surface area contributed by atoms with E-state index in [2.05, 4.69) is 15.3 Å². The molecule has 1 aromatic carbocycles. The van der Waals surface area contributed by atoms with E-state index in [1.807, 2.05) is 57.2 Å². The van der Waals surface area contributed by atoms with Crippen LogP contribution >= 0.6 is 11.6 Å². The van der Waals surface area contributed by atoms with Crippen LogP contribution in [0.3, 0.4) is 0 Å². The lowest BCUT2D eigenvalue weighted by molar-refractivity contribution is 1.02. The van der Waals surface area contributed by atoms with Crippen LogP contribution < -0.4 is 10.2 Å². The predicted molar refractivity (Wildman–Crippen MR) is 80.6 cm³/mol. The number of aryl methyl sites for hydroxylation is 2. The number of anilines is 3. The van der Waals surface area contributed by atoms with Crippen LogP contribution in [0.4, 0.5) is 17.5 Å². The second kappa shape index (κ2) is 5.45. The third kappa shape index (κ3) is 3.15. The highest BCUT2D eigenvalue weighted by molar-refractivity contribution is 6.31. The van der Waals surface area contributed by atoms with Crippen LogP contribution in [0.1, 0.15) is 11.1 Å². The first-order valence-corrected chi connectivity index (χ1v) is 6.39. The lowest BCUT2D eigenvalue weighted by Crippen LogP contribution is -2.13. The Morgan fingerprint density at radius 3 is 2.53 bits per heavy atom. The number of benzene rings is 1. The molecule has 0 saturated heterocycles. The summed E-state index contributed by atoms with van der Waals surface area (Å²) >= 11 is 6.01. The number of halogens is 1. The maximum atomic E-state index is 6.01.